The second-order valence-electron chi connectivity index (χ2n) is 8.44. The Morgan fingerprint density at radius 2 is 0.897 bits per heavy atom. The molecule has 14 heteroatoms. The van der Waals surface area contributed by atoms with Crippen LogP contribution in [0.5, 0.6) is 0 Å². The summed E-state index contributed by atoms with van der Waals surface area (Å²) in [4.78, 5) is 58.9. The van der Waals surface area contributed by atoms with Gasteiger partial charge >= 0.3 is 29.8 Å². The maximum absolute atomic E-state index is 12.5. The molecule has 0 heterocycles. The first-order valence-electron chi connectivity index (χ1n) is 11.6. The van der Waals surface area contributed by atoms with Gasteiger partial charge in [0.25, 0.3) is 0 Å². The number of carbonyl (C=O) groups is 5. The Hall–Kier alpha value is -3.59. The highest BCUT2D eigenvalue weighted by Crippen LogP contribution is 2.08. The van der Waals surface area contributed by atoms with E-state index in [1.807, 2.05) is 0 Å². The first-order chi connectivity index (χ1) is 18.1. The van der Waals surface area contributed by atoms with E-state index in [1.165, 1.54) is 20.8 Å². The minimum absolute atomic E-state index is 0.0939. The molecule has 0 spiro atoms. The first-order valence-corrected chi connectivity index (χ1v) is 11.6. The summed E-state index contributed by atoms with van der Waals surface area (Å²) in [5.74, 6) is -4.44. The van der Waals surface area contributed by atoms with E-state index in [0.717, 1.165) is 0 Å². The molecule has 39 heavy (non-hydrogen) atoms. The zero-order valence-electron chi connectivity index (χ0n) is 22.2. The summed E-state index contributed by atoms with van der Waals surface area (Å²) in [6.45, 7) is 11.1. The molecule has 4 atom stereocenters. The number of ether oxygens (including phenoxy) is 6. The number of aliphatic hydroxyl groups excluding tert-OH is 3. The van der Waals surface area contributed by atoms with Gasteiger partial charge in [-0.1, -0.05) is 19.7 Å². The van der Waals surface area contributed by atoms with Gasteiger partial charge in [0.2, 0.25) is 0 Å². The maximum atomic E-state index is 12.5. The summed E-state index contributed by atoms with van der Waals surface area (Å²) in [6.07, 6.45) is -6.56. The highest BCUT2D eigenvalue weighted by atomic mass is 16.6. The van der Waals surface area contributed by atoms with Crippen LogP contribution in [0, 0.1) is 0 Å². The summed E-state index contributed by atoms with van der Waals surface area (Å²) in [5, 5.41) is 29.6. The van der Waals surface area contributed by atoms with Crippen LogP contribution < -0.4 is 0 Å². The maximum Gasteiger partial charge on any atom is 0.335 e. The molecule has 3 N–H and O–H groups in total. The van der Waals surface area contributed by atoms with Crippen molar-refractivity contribution in [3.8, 4) is 0 Å². The van der Waals surface area contributed by atoms with Crippen LogP contribution in [0.3, 0.4) is 0 Å². The van der Waals surface area contributed by atoms with Gasteiger partial charge in [-0.05, 0) is 20.8 Å². The van der Waals surface area contributed by atoms with Crippen molar-refractivity contribution in [2.45, 2.75) is 51.6 Å². The van der Waals surface area contributed by atoms with Crippen molar-refractivity contribution in [3.05, 3.63) is 36.5 Å². The van der Waals surface area contributed by atoms with E-state index in [2.05, 4.69) is 19.7 Å². The van der Waals surface area contributed by atoms with Gasteiger partial charge in [0.05, 0.1) is 13.0 Å². The van der Waals surface area contributed by atoms with Crippen LogP contribution in [-0.2, 0) is 52.4 Å². The van der Waals surface area contributed by atoms with Crippen molar-refractivity contribution in [2.24, 2.45) is 0 Å². The lowest BCUT2D eigenvalue weighted by atomic mass is 10.2. The lowest BCUT2D eigenvalue weighted by Crippen LogP contribution is -2.36. The largest absolute Gasteiger partial charge is 0.463 e. The molecule has 4 unspecified atom stereocenters. The van der Waals surface area contributed by atoms with Crippen LogP contribution in [0.25, 0.3) is 0 Å². The number of hydrogen-bond donors (Lipinski definition) is 3. The standard InChI is InChI=1S/C25H36O14/c1-14(2)22(30)36-10-17(26)8-34-20(25(33)39-13-19(28)12-38-24(32)16(5)6)7-21(29)35-9-18(27)11-37-23(31)15(3)4/h17-20,26-28H,1,3,5,7-13H2,2,4,6H3. The molecule has 0 aliphatic heterocycles. The van der Waals surface area contributed by atoms with Gasteiger partial charge in [0.1, 0.15) is 51.3 Å². The zero-order valence-corrected chi connectivity index (χ0v) is 22.2. The Bertz CT molecular complexity index is 908. The monoisotopic (exact) mass is 560 g/mol. The summed E-state index contributed by atoms with van der Waals surface area (Å²) in [6, 6.07) is 0. The van der Waals surface area contributed by atoms with Crippen molar-refractivity contribution in [3.63, 3.8) is 0 Å². The summed E-state index contributed by atoms with van der Waals surface area (Å²) < 4.78 is 29.3. The molecule has 0 fully saturated rings. The van der Waals surface area contributed by atoms with Crippen LogP contribution in [0.15, 0.2) is 36.5 Å². The second-order valence-corrected chi connectivity index (χ2v) is 8.44. The van der Waals surface area contributed by atoms with Crippen molar-refractivity contribution in [2.75, 3.05) is 39.6 Å². The molecule has 0 radical (unpaired) electrons. The lowest BCUT2D eigenvalue weighted by molar-refractivity contribution is -0.171. The summed E-state index contributed by atoms with van der Waals surface area (Å²) in [5.41, 5.74) is 0.294. The van der Waals surface area contributed by atoms with E-state index >= 15 is 0 Å². The van der Waals surface area contributed by atoms with Crippen LogP contribution in [0.1, 0.15) is 27.2 Å². The van der Waals surface area contributed by atoms with E-state index in [9.17, 15) is 39.3 Å². The van der Waals surface area contributed by atoms with Crippen LogP contribution in [0.4, 0.5) is 0 Å². The van der Waals surface area contributed by atoms with E-state index < -0.39 is 100 Å². The second kappa shape index (κ2) is 18.6. The van der Waals surface area contributed by atoms with Gasteiger partial charge in [-0.25, -0.2) is 19.2 Å². The van der Waals surface area contributed by atoms with Crippen molar-refractivity contribution >= 4 is 29.8 Å². The Balaban J connectivity index is 4.98. The smallest absolute Gasteiger partial charge is 0.335 e. The van der Waals surface area contributed by atoms with E-state index in [-0.39, 0.29) is 16.7 Å². The molecule has 0 rings (SSSR count). The number of aliphatic hydroxyl groups is 3. The highest BCUT2D eigenvalue weighted by molar-refractivity contribution is 5.87. The molecule has 0 amide bonds. The van der Waals surface area contributed by atoms with Gasteiger partial charge in [-0.15, -0.1) is 0 Å². The van der Waals surface area contributed by atoms with Gasteiger partial charge in [-0.2, -0.15) is 0 Å². The molecule has 0 bridgehead atoms. The minimum Gasteiger partial charge on any atom is -0.463 e. The Morgan fingerprint density at radius 1 is 0.564 bits per heavy atom. The number of esters is 5. The molecule has 0 aromatic carbocycles. The molecule has 0 aromatic heterocycles. The number of hydrogen-bond acceptors (Lipinski definition) is 14. The zero-order chi connectivity index (χ0) is 30.1. The van der Waals surface area contributed by atoms with Gasteiger partial charge < -0.3 is 43.7 Å². The summed E-state index contributed by atoms with van der Waals surface area (Å²) in [7, 11) is 0. The molecule has 0 saturated carbocycles. The molecule has 14 nitrogen and oxygen atoms in total. The Morgan fingerprint density at radius 3 is 1.28 bits per heavy atom. The molecular formula is C25H36O14. The Labute approximate surface area is 225 Å². The molecule has 220 valence electrons. The van der Waals surface area contributed by atoms with Crippen molar-refractivity contribution < 1.29 is 67.7 Å². The fourth-order valence-electron chi connectivity index (χ4n) is 2.14. The predicted molar refractivity (Wildman–Crippen MR) is 132 cm³/mol. The van der Waals surface area contributed by atoms with Gasteiger partial charge in [-0.3, -0.25) is 4.79 Å². The predicted octanol–water partition coefficient (Wildman–Crippen LogP) is -0.711. The molecule has 0 aliphatic carbocycles. The average Bonchev–Trinajstić information content (AvgIpc) is 2.87. The number of carbonyl (C=O) groups excluding carboxylic acids is 5. The molecule has 0 saturated heterocycles. The van der Waals surface area contributed by atoms with E-state index in [1.54, 1.807) is 0 Å². The molecule has 0 aromatic rings. The normalized spacial score (nSPS) is 13.6. The van der Waals surface area contributed by atoms with Gasteiger partial charge in [0, 0.05) is 16.7 Å². The van der Waals surface area contributed by atoms with Crippen LogP contribution in [0.2, 0.25) is 0 Å². The van der Waals surface area contributed by atoms with Crippen molar-refractivity contribution in [1.29, 1.82) is 0 Å². The molecule has 0 aliphatic rings. The SMILES string of the molecule is C=C(C)C(=O)OCC(O)COC(=O)CC(OCC(O)COC(=O)C(=C)C)C(=O)OCC(O)COC(=O)C(=C)C. The fraction of sp³-hybridized carbons (Fsp3) is 0.560. The van der Waals surface area contributed by atoms with E-state index in [0.29, 0.717) is 0 Å². The first kappa shape index (κ1) is 35.4. The van der Waals surface area contributed by atoms with E-state index in [4.69, 9.17) is 28.4 Å². The minimum atomic E-state index is -1.65. The average molecular weight is 561 g/mol. The van der Waals surface area contributed by atoms with Crippen LogP contribution in [-0.4, -0.2) is 109 Å². The molecular weight excluding hydrogens is 524 g/mol. The third-order valence-corrected chi connectivity index (χ3v) is 4.23. The summed E-state index contributed by atoms with van der Waals surface area (Å²) >= 11 is 0. The van der Waals surface area contributed by atoms with Crippen molar-refractivity contribution in [1.82, 2.24) is 0 Å². The van der Waals surface area contributed by atoms with Gasteiger partial charge in [0.15, 0.2) is 6.10 Å². The topological polar surface area (TPSA) is 201 Å². The van der Waals surface area contributed by atoms with Crippen LogP contribution >= 0.6 is 0 Å². The highest BCUT2D eigenvalue weighted by Gasteiger charge is 2.28. The third kappa shape index (κ3) is 16.8. The third-order valence-electron chi connectivity index (χ3n) is 4.23. The lowest BCUT2D eigenvalue weighted by Gasteiger charge is -2.20. The quantitative estimate of drug-likeness (QED) is 0.102. The number of rotatable bonds is 19. The Kier molecular flexibility index (Phi) is 16.9. The fourth-order valence-corrected chi connectivity index (χ4v) is 2.14.